The maximum absolute atomic E-state index is 13.4. The first kappa shape index (κ1) is 40.0. The second kappa shape index (κ2) is 18.4. The largest absolute Gasteiger partial charge is 0.382 e. The number of carbonyl (C=O) groups is 5. The van der Waals surface area contributed by atoms with Gasteiger partial charge in [-0.05, 0) is 61.7 Å². The van der Waals surface area contributed by atoms with Gasteiger partial charge in [0.15, 0.2) is 5.82 Å². The van der Waals surface area contributed by atoms with Crippen LogP contribution in [0.15, 0.2) is 79.1 Å². The Morgan fingerprint density at radius 1 is 0.883 bits per heavy atom. The number of carbonyl (C=O) groups excluding carboxylic acids is 5. The lowest BCUT2D eigenvalue weighted by molar-refractivity contribution is -0.137. The Balaban J connectivity index is 0.749. The number of imide groups is 1. The molecule has 0 bridgehead atoms. The van der Waals surface area contributed by atoms with Crippen LogP contribution in [0.3, 0.4) is 0 Å². The van der Waals surface area contributed by atoms with Crippen LogP contribution in [0.4, 0.5) is 11.5 Å². The Labute approximate surface area is 345 Å². The van der Waals surface area contributed by atoms with Gasteiger partial charge >= 0.3 is 0 Å². The molecule has 7 heterocycles. The number of ether oxygens (including phenoxy) is 2. The third-order valence-electron chi connectivity index (χ3n) is 10.8. The van der Waals surface area contributed by atoms with Crippen molar-refractivity contribution in [3.05, 3.63) is 102 Å². The van der Waals surface area contributed by atoms with Crippen LogP contribution in [0.5, 0.6) is 0 Å². The van der Waals surface area contributed by atoms with Gasteiger partial charge < -0.3 is 29.9 Å². The summed E-state index contributed by atoms with van der Waals surface area (Å²) < 4.78 is 13.1. The molecule has 60 heavy (non-hydrogen) atoms. The number of H-pyrrole nitrogens is 1. The Morgan fingerprint density at radius 3 is 2.50 bits per heavy atom. The lowest BCUT2D eigenvalue weighted by atomic mass is 9.93. The average Bonchev–Trinajstić information content (AvgIpc) is 4.04. The van der Waals surface area contributed by atoms with E-state index in [0.717, 1.165) is 29.8 Å². The first-order valence-electron chi connectivity index (χ1n) is 20.1. The predicted octanol–water partition coefficient (Wildman–Crippen LogP) is 3.31. The summed E-state index contributed by atoms with van der Waals surface area (Å²) in [6.45, 7) is 3.33. The number of piperidine rings is 2. The summed E-state index contributed by atoms with van der Waals surface area (Å²) in [4.78, 5) is 75.9. The number of amides is 5. The van der Waals surface area contributed by atoms with Crippen LogP contribution < -0.4 is 16.0 Å². The smallest absolute Gasteiger partial charge is 0.275 e. The Bertz CT molecular complexity index is 2340. The highest BCUT2D eigenvalue weighted by atomic mass is 16.5. The fourth-order valence-electron chi connectivity index (χ4n) is 7.71. The van der Waals surface area contributed by atoms with Gasteiger partial charge in [0.1, 0.15) is 17.6 Å². The minimum atomic E-state index is -0.665. The van der Waals surface area contributed by atoms with Crippen molar-refractivity contribution in [3.8, 4) is 17.2 Å². The highest BCUT2D eigenvalue weighted by Crippen LogP contribution is 2.33. The van der Waals surface area contributed by atoms with E-state index < -0.39 is 11.9 Å². The Kier molecular flexibility index (Phi) is 12.3. The molecular formula is C42H45N11O7. The van der Waals surface area contributed by atoms with E-state index in [1.54, 1.807) is 53.5 Å². The number of hydrogen-bond donors (Lipinski definition) is 4. The summed E-state index contributed by atoms with van der Waals surface area (Å²) in [6, 6.07) is 19.1. The van der Waals surface area contributed by atoms with Gasteiger partial charge in [0.2, 0.25) is 17.7 Å². The van der Waals surface area contributed by atoms with Crippen LogP contribution >= 0.6 is 0 Å². The van der Waals surface area contributed by atoms with Crippen molar-refractivity contribution in [1.29, 1.82) is 0 Å². The van der Waals surface area contributed by atoms with Crippen LogP contribution in [0.25, 0.3) is 17.2 Å². The van der Waals surface area contributed by atoms with Crippen LogP contribution in [-0.2, 0) is 30.4 Å². The molecule has 3 aliphatic rings. The minimum Gasteiger partial charge on any atom is -0.382 e. The van der Waals surface area contributed by atoms with Crippen LogP contribution in [0, 0.1) is 0 Å². The molecule has 18 heteroatoms. The van der Waals surface area contributed by atoms with Crippen molar-refractivity contribution in [2.45, 2.75) is 50.6 Å². The maximum Gasteiger partial charge on any atom is 0.275 e. The molecule has 0 radical (unpaired) electrons. The van der Waals surface area contributed by atoms with Crippen molar-refractivity contribution in [1.82, 2.24) is 45.1 Å². The Hall–Kier alpha value is -6.79. The Morgan fingerprint density at radius 2 is 1.72 bits per heavy atom. The van der Waals surface area contributed by atoms with Gasteiger partial charge in [-0.1, -0.05) is 18.2 Å². The van der Waals surface area contributed by atoms with Crippen LogP contribution in [-0.4, -0.2) is 121 Å². The van der Waals surface area contributed by atoms with Crippen LogP contribution in [0.2, 0.25) is 0 Å². The molecular weight excluding hydrogens is 771 g/mol. The number of anilines is 2. The molecule has 3 aliphatic heterocycles. The standard InChI is InChI=1S/C42H45N11O7/c54-38-11-10-35(41(57)48-38)52-26-29-28(42(52)58)5-3-6-30(29)43-18-22-60-24-23-59-21-15-39(55)51-19-13-27(14-20-51)34-25-37(53(50-34)36-9-1-2-16-44-36)47-40(56)33-8-4-7-31(46-33)32-12-17-45-49-32/h1-9,12,16-17,25,27,35,43H,10-11,13-15,18-24,26H2,(H,45,49)(H,47,56)(H,48,54,57). The van der Waals surface area contributed by atoms with Crippen molar-refractivity contribution < 1.29 is 33.4 Å². The molecule has 310 valence electrons. The van der Waals surface area contributed by atoms with E-state index in [-0.39, 0.29) is 61.2 Å². The molecule has 18 nitrogen and oxygen atoms in total. The molecule has 2 saturated heterocycles. The number of fused-ring (bicyclic) bond motifs is 1. The quantitative estimate of drug-likeness (QED) is 0.0834. The van der Waals surface area contributed by atoms with E-state index in [1.165, 1.54) is 4.90 Å². The van der Waals surface area contributed by atoms with Crippen LogP contribution in [0.1, 0.15) is 70.1 Å². The second-order valence-electron chi connectivity index (χ2n) is 14.7. The summed E-state index contributed by atoms with van der Waals surface area (Å²) in [5.74, 6) is -0.225. The molecule has 1 unspecified atom stereocenters. The number of likely N-dealkylation sites (tertiary alicyclic amines) is 1. The van der Waals surface area contributed by atoms with Gasteiger partial charge in [0.05, 0.1) is 49.9 Å². The van der Waals surface area contributed by atoms with Gasteiger partial charge in [0.25, 0.3) is 11.8 Å². The zero-order valence-corrected chi connectivity index (χ0v) is 32.8. The average molecular weight is 816 g/mol. The van der Waals surface area contributed by atoms with E-state index in [2.05, 4.69) is 36.1 Å². The summed E-state index contributed by atoms with van der Waals surface area (Å²) >= 11 is 0. The van der Waals surface area contributed by atoms with Crippen molar-refractivity contribution in [2.24, 2.45) is 0 Å². The fourth-order valence-corrected chi connectivity index (χ4v) is 7.71. The number of nitrogens with one attached hydrogen (secondary N) is 4. The highest BCUT2D eigenvalue weighted by Gasteiger charge is 2.40. The molecule has 0 saturated carbocycles. The fraction of sp³-hybridized carbons (Fsp3) is 0.357. The van der Waals surface area contributed by atoms with E-state index >= 15 is 0 Å². The number of aromatic amines is 1. The van der Waals surface area contributed by atoms with Crippen molar-refractivity contribution in [3.63, 3.8) is 0 Å². The molecule has 5 aromatic rings. The molecule has 0 aliphatic carbocycles. The van der Waals surface area contributed by atoms with Gasteiger partial charge in [-0.25, -0.2) is 9.97 Å². The van der Waals surface area contributed by atoms with Gasteiger partial charge in [-0.3, -0.25) is 34.4 Å². The minimum absolute atomic E-state index is 0.0282. The summed E-state index contributed by atoms with van der Waals surface area (Å²) in [5, 5.41) is 20.3. The SMILES string of the molecule is O=C1CCC(N2Cc3c(NCCOCCOCCC(=O)N4CCC(c5cc(NC(=O)c6cccc(-c7ccn[nH]7)n6)n(-c6ccccn6)n5)CC4)cccc3C2=O)C(=O)N1. The number of benzene rings is 1. The maximum atomic E-state index is 13.4. The van der Waals surface area contributed by atoms with E-state index in [9.17, 15) is 24.0 Å². The molecule has 4 aromatic heterocycles. The predicted molar refractivity (Wildman–Crippen MR) is 217 cm³/mol. The zero-order valence-electron chi connectivity index (χ0n) is 32.8. The third-order valence-corrected chi connectivity index (χ3v) is 10.8. The number of aromatic nitrogens is 6. The van der Waals surface area contributed by atoms with E-state index in [4.69, 9.17) is 14.6 Å². The number of pyridine rings is 2. The van der Waals surface area contributed by atoms with Crippen molar-refractivity contribution in [2.75, 3.05) is 56.7 Å². The molecule has 0 spiro atoms. The third kappa shape index (κ3) is 9.08. The summed E-state index contributed by atoms with van der Waals surface area (Å²) in [7, 11) is 0. The van der Waals surface area contributed by atoms with Gasteiger partial charge in [-0.2, -0.15) is 14.9 Å². The van der Waals surface area contributed by atoms with E-state index in [1.807, 2.05) is 35.2 Å². The molecule has 2 fully saturated rings. The van der Waals surface area contributed by atoms with Gasteiger partial charge in [0, 0.05) is 73.8 Å². The topological polar surface area (TPSA) is 219 Å². The molecule has 8 rings (SSSR count). The first-order valence-corrected chi connectivity index (χ1v) is 20.1. The first-order chi connectivity index (χ1) is 29.3. The molecule has 1 aromatic carbocycles. The van der Waals surface area contributed by atoms with Gasteiger partial charge in [-0.15, -0.1) is 0 Å². The zero-order chi connectivity index (χ0) is 41.4. The molecule has 5 amide bonds. The summed E-state index contributed by atoms with van der Waals surface area (Å²) in [5.41, 5.74) is 4.51. The highest BCUT2D eigenvalue weighted by molar-refractivity contribution is 6.06. The molecule has 4 N–H and O–H groups in total. The normalized spacial score (nSPS) is 16.8. The number of nitrogens with zero attached hydrogens (tertiary/aromatic N) is 7. The monoisotopic (exact) mass is 815 g/mol. The molecule has 1 atom stereocenters. The lowest BCUT2D eigenvalue weighted by Crippen LogP contribution is -2.52. The summed E-state index contributed by atoms with van der Waals surface area (Å²) in [6.07, 6.45) is 5.51. The number of rotatable bonds is 16. The number of hydrogen-bond acceptors (Lipinski definition) is 12. The second-order valence-corrected chi connectivity index (χ2v) is 14.7. The van der Waals surface area contributed by atoms with E-state index in [0.29, 0.717) is 74.5 Å². The van der Waals surface area contributed by atoms with Crippen molar-refractivity contribution >= 4 is 41.0 Å². The lowest BCUT2D eigenvalue weighted by Gasteiger charge is -2.31.